The fourth-order valence-corrected chi connectivity index (χ4v) is 5.95. The SMILES string of the molecule is CN1CC2(CCN(C(=O)CC3CCCC3)CC2)CC1c1noc(C2CCC2)n1. The molecule has 2 aliphatic heterocycles. The van der Waals surface area contributed by atoms with E-state index in [1.807, 2.05) is 0 Å². The number of aromatic nitrogens is 2. The first-order valence-corrected chi connectivity index (χ1v) is 11.4. The molecule has 0 radical (unpaired) electrons. The van der Waals surface area contributed by atoms with E-state index in [2.05, 4.69) is 22.0 Å². The van der Waals surface area contributed by atoms with Crippen LogP contribution in [0, 0.1) is 11.3 Å². The van der Waals surface area contributed by atoms with Crippen LogP contribution in [0.25, 0.3) is 0 Å². The van der Waals surface area contributed by atoms with Gasteiger partial charge in [-0.25, -0.2) is 0 Å². The number of hydrogen-bond acceptors (Lipinski definition) is 5. The van der Waals surface area contributed by atoms with Crippen LogP contribution in [0.5, 0.6) is 0 Å². The summed E-state index contributed by atoms with van der Waals surface area (Å²) in [6, 6.07) is 0.262. The van der Waals surface area contributed by atoms with Gasteiger partial charge in [-0.2, -0.15) is 4.98 Å². The molecule has 28 heavy (non-hydrogen) atoms. The average Bonchev–Trinajstić information content (AvgIpc) is 3.36. The highest BCUT2D eigenvalue weighted by Gasteiger charge is 2.47. The molecule has 1 atom stereocenters. The quantitative estimate of drug-likeness (QED) is 0.785. The normalized spacial score (nSPS) is 28.9. The van der Waals surface area contributed by atoms with Crippen LogP contribution in [0.2, 0.25) is 0 Å². The van der Waals surface area contributed by atoms with Crippen molar-refractivity contribution >= 4 is 5.91 Å². The fourth-order valence-electron chi connectivity index (χ4n) is 5.95. The Morgan fingerprint density at radius 1 is 1.14 bits per heavy atom. The number of likely N-dealkylation sites (tertiary alicyclic amines) is 2. The van der Waals surface area contributed by atoms with Gasteiger partial charge in [0.1, 0.15) is 0 Å². The number of carbonyl (C=O) groups is 1. The molecule has 6 nitrogen and oxygen atoms in total. The standard InChI is InChI=1S/C22H34N4O2/c1-25-15-22(14-18(25)20-23-21(28-24-20)17-7-4-8-17)9-11-26(12-10-22)19(27)13-16-5-2-3-6-16/h16-18H,2-15H2,1H3. The maximum atomic E-state index is 12.7. The van der Waals surface area contributed by atoms with Crippen molar-refractivity contribution in [3.8, 4) is 0 Å². The van der Waals surface area contributed by atoms with E-state index >= 15 is 0 Å². The molecule has 1 aromatic rings. The summed E-state index contributed by atoms with van der Waals surface area (Å²) < 4.78 is 5.58. The first kappa shape index (κ1) is 18.6. The second kappa shape index (κ2) is 7.43. The molecule has 2 saturated heterocycles. The van der Waals surface area contributed by atoms with E-state index in [0.717, 1.165) is 57.0 Å². The van der Waals surface area contributed by atoms with Gasteiger partial charge in [0.2, 0.25) is 11.8 Å². The highest BCUT2D eigenvalue weighted by atomic mass is 16.5. The van der Waals surface area contributed by atoms with E-state index < -0.39 is 0 Å². The third kappa shape index (κ3) is 3.49. The van der Waals surface area contributed by atoms with Crippen molar-refractivity contribution in [2.75, 3.05) is 26.7 Å². The third-order valence-corrected chi connectivity index (χ3v) is 8.07. The minimum Gasteiger partial charge on any atom is -0.343 e. The zero-order valence-corrected chi connectivity index (χ0v) is 17.2. The second-order valence-electron chi connectivity index (χ2n) is 9.99. The Balaban J connectivity index is 1.18. The maximum Gasteiger partial charge on any atom is 0.229 e. The minimum absolute atomic E-state index is 0.262. The zero-order chi connectivity index (χ0) is 19.1. The molecular formula is C22H34N4O2. The molecule has 154 valence electrons. The van der Waals surface area contributed by atoms with Crippen LogP contribution < -0.4 is 0 Å². The molecule has 0 aromatic carbocycles. The summed E-state index contributed by atoms with van der Waals surface area (Å²) in [6.07, 6.45) is 12.9. The molecule has 5 rings (SSSR count). The summed E-state index contributed by atoms with van der Waals surface area (Å²) in [5, 5.41) is 4.34. The van der Waals surface area contributed by atoms with E-state index in [1.165, 1.54) is 44.9 Å². The van der Waals surface area contributed by atoms with Gasteiger partial charge in [0, 0.05) is 32.0 Å². The number of carbonyl (C=O) groups excluding carboxylic acids is 1. The molecule has 1 aromatic heterocycles. The molecule has 0 bridgehead atoms. The number of hydrogen-bond donors (Lipinski definition) is 0. The largest absolute Gasteiger partial charge is 0.343 e. The molecule has 3 heterocycles. The molecule has 1 unspecified atom stereocenters. The summed E-state index contributed by atoms with van der Waals surface area (Å²) in [6.45, 7) is 2.92. The second-order valence-corrected chi connectivity index (χ2v) is 9.99. The lowest BCUT2D eigenvalue weighted by atomic mass is 9.76. The van der Waals surface area contributed by atoms with Crippen LogP contribution in [-0.4, -0.2) is 52.5 Å². The first-order valence-electron chi connectivity index (χ1n) is 11.4. The molecule has 1 spiro atoms. The Labute approximate surface area is 168 Å². The van der Waals surface area contributed by atoms with E-state index in [1.54, 1.807) is 0 Å². The van der Waals surface area contributed by atoms with Crippen molar-refractivity contribution in [2.24, 2.45) is 11.3 Å². The Bertz CT molecular complexity index is 699. The van der Waals surface area contributed by atoms with Gasteiger partial charge in [-0.3, -0.25) is 9.69 Å². The monoisotopic (exact) mass is 386 g/mol. The van der Waals surface area contributed by atoms with Gasteiger partial charge in [-0.05, 0) is 63.3 Å². The summed E-state index contributed by atoms with van der Waals surface area (Å²) in [5.74, 6) is 3.27. The van der Waals surface area contributed by atoms with Crippen molar-refractivity contribution in [3.63, 3.8) is 0 Å². The molecule has 2 aliphatic carbocycles. The first-order chi connectivity index (χ1) is 13.6. The summed E-state index contributed by atoms with van der Waals surface area (Å²) in [7, 11) is 2.19. The van der Waals surface area contributed by atoms with Crippen LogP contribution in [0.3, 0.4) is 0 Å². The Morgan fingerprint density at radius 2 is 1.89 bits per heavy atom. The lowest BCUT2D eigenvalue weighted by molar-refractivity contribution is -0.134. The van der Waals surface area contributed by atoms with Crippen LogP contribution in [-0.2, 0) is 4.79 Å². The van der Waals surface area contributed by atoms with Crippen LogP contribution in [0.4, 0.5) is 0 Å². The van der Waals surface area contributed by atoms with Gasteiger partial charge < -0.3 is 9.42 Å². The smallest absolute Gasteiger partial charge is 0.229 e. The number of piperidine rings is 1. The molecule has 0 N–H and O–H groups in total. The Morgan fingerprint density at radius 3 is 2.57 bits per heavy atom. The lowest BCUT2D eigenvalue weighted by Gasteiger charge is -2.39. The predicted octanol–water partition coefficient (Wildman–Crippen LogP) is 3.90. The van der Waals surface area contributed by atoms with Crippen molar-refractivity contribution in [2.45, 2.75) is 82.6 Å². The van der Waals surface area contributed by atoms with Crippen LogP contribution >= 0.6 is 0 Å². The van der Waals surface area contributed by atoms with Crippen LogP contribution in [0.15, 0.2) is 4.52 Å². The fraction of sp³-hybridized carbons (Fsp3) is 0.864. The van der Waals surface area contributed by atoms with E-state index in [4.69, 9.17) is 9.51 Å². The van der Waals surface area contributed by atoms with Gasteiger partial charge in [0.25, 0.3) is 0 Å². The lowest BCUT2D eigenvalue weighted by Crippen LogP contribution is -2.44. The molecular weight excluding hydrogens is 352 g/mol. The minimum atomic E-state index is 0.262. The van der Waals surface area contributed by atoms with Crippen molar-refractivity contribution in [1.82, 2.24) is 19.9 Å². The molecule has 2 saturated carbocycles. The maximum absolute atomic E-state index is 12.7. The van der Waals surface area contributed by atoms with Gasteiger partial charge in [-0.15, -0.1) is 0 Å². The summed E-state index contributed by atoms with van der Waals surface area (Å²) in [5.41, 5.74) is 0.306. The van der Waals surface area contributed by atoms with Crippen LogP contribution in [0.1, 0.15) is 94.3 Å². The van der Waals surface area contributed by atoms with Gasteiger partial charge in [0.05, 0.1) is 6.04 Å². The number of amides is 1. The molecule has 4 fully saturated rings. The van der Waals surface area contributed by atoms with Crippen molar-refractivity contribution in [3.05, 3.63) is 11.7 Å². The van der Waals surface area contributed by atoms with E-state index in [9.17, 15) is 4.79 Å². The molecule has 1 amide bonds. The summed E-state index contributed by atoms with van der Waals surface area (Å²) in [4.78, 5) is 22.0. The average molecular weight is 387 g/mol. The van der Waals surface area contributed by atoms with Crippen molar-refractivity contribution < 1.29 is 9.32 Å². The number of nitrogens with zero attached hydrogens (tertiary/aromatic N) is 4. The van der Waals surface area contributed by atoms with E-state index in [0.29, 0.717) is 23.2 Å². The highest BCUT2D eigenvalue weighted by molar-refractivity contribution is 5.76. The van der Waals surface area contributed by atoms with Crippen molar-refractivity contribution in [1.29, 1.82) is 0 Å². The number of rotatable bonds is 4. The third-order valence-electron chi connectivity index (χ3n) is 8.07. The molecule has 6 heteroatoms. The van der Waals surface area contributed by atoms with Gasteiger partial charge >= 0.3 is 0 Å². The predicted molar refractivity (Wildman–Crippen MR) is 106 cm³/mol. The Kier molecular flexibility index (Phi) is 4.93. The Hall–Kier alpha value is -1.43. The summed E-state index contributed by atoms with van der Waals surface area (Å²) >= 11 is 0. The molecule has 4 aliphatic rings. The van der Waals surface area contributed by atoms with Gasteiger partial charge in [-0.1, -0.05) is 24.4 Å². The zero-order valence-electron chi connectivity index (χ0n) is 17.2. The topological polar surface area (TPSA) is 62.5 Å². The van der Waals surface area contributed by atoms with E-state index in [-0.39, 0.29) is 6.04 Å². The highest BCUT2D eigenvalue weighted by Crippen LogP contribution is 2.48. The van der Waals surface area contributed by atoms with Gasteiger partial charge in [0.15, 0.2) is 5.82 Å².